The van der Waals surface area contributed by atoms with E-state index in [9.17, 15) is 4.79 Å². The first-order valence-corrected chi connectivity index (χ1v) is 5.73. The molecule has 2 atom stereocenters. The summed E-state index contributed by atoms with van der Waals surface area (Å²) in [4.78, 5) is 12.0. The third kappa shape index (κ3) is 2.58. The maximum atomic E-state index is 12.0. The zero-order chi connectivity index (χ0) is 11.7. The predicted octanol–water partition coefficient (Wildman–Crippen LogP) is 2.68. The van der Waals surface area contributed by atoms with Gasteiger partial charge in [-0.2, -0.15) is 0 Å². The van der Waals surface area contributed by atoms with Gasteiger partial charge in [0, 0.05) is 6.42 Å². The van der Waals surface area contributed by atoms with Gasteiger partial charge in [-0.1, -0.05) is 13.3 Å². The zero-order valence-electron chi connectivity index (χ0n) is 10.4. The van der Waals surface area contributed by atoms with Crippen molar-refractivity contribution < 1.29 is 14.3 Å². The van der Waals surface area contributed by atoms with Crippen LogP contribution in [0.15, 0.2) is 0 Å². The molecule has 0 N–H and O–H groups in total. The molecule has 0 aromatic rings. The Bertz CT molecular complexity index is 247. The zero-order valence-corrected chi connectivity index (χ0v) is 10.4. The third-order valence-electron chi connectivity index (χ3n) is 3.01. The SMILES string of the molecule is CCCCC(=O)[C@]1(C)OC(C)(C)O[C@H]1C. The van der Waals surface area contributed by atoms with E-state index in [1.54, 1.807) is 0 Å². The van der Waals surface area contributed by atoms with Crippen molar-refractivity contribution in [1.29, 1.82) is 0 Å². The molecule has 0 aliphatic carbocycles. The predicted molar refractivity (Wildman–Crippen MR) is 58.6 cm³/mol. The fraction of sp³-hybridized carbons (Fsp3) is 0.917. The first-order chi connectivity index (χ1) is 6.82. The van der Waals surface area contributed by atoms with Gasteiger partial charge in [0.25, 0.3) is 0 Å². The standard InChI is InChI=1S/C12H22O3/c1-6-7-8-10(13)12(5)9(2)14-11(3,4)15-12/h9H,6-8H2,1-5H3/t9-,12+/m0/s1. The maximum Gasteiger partial charge on any atom is 0.167 e. The van der Waals surface area contributed by atoms with Crippen molar-refractivity contribution >= 4 is 5.78 Å². The largest absolute Gasteiger partial charge is 0.344 e. The van der Waals surface area contributed by atoms with Crippen LogP contribution in [0.1, 0.15) is 53.9 Å². The average Bonchev–Trinajstić information content (AvgIpc) is 2.32. The van der Waals surface area contributed by atoms with Crippen LogP contribution in [-0.4, -0.2) is 23.3 Å². The molecule has 0 unspecified atom stereocenters. The molecule has 1 rings (SSSR count). The molecule has 15 heavy (non-hydrogen) atoms. The van der Waals surface area contributed by atoms with E-state index in [2.05, 4.69) is 6.92 Å². The van der Waals surface area contributed by atoms with Crippen LogP contribution >= 0.6 is 0 Å². The van der Waals surface area contributed by atoms with Crippen molar-refractivity contribution in [3.8, 4) is 0 Å². The lowest BCUT2D eigenvalue weighted by molar-refractivity contribution is -0.169. The fourth-order valence-electron chi connectivity index (χ4n) is 2.02. The smallest absolute Gasteiger partial charge is 0.167 e. The van der Waals surface area contributed by atoms with Gasteiger partial charge < -0.3 is 9.47 Å². The number of unbranched alkanes of at least 4 members (excludes halogenated alkanes) is 1. The molecule has 0 spiro atoms. The van der Waals surface area contributed by atoms with Crippen LogP contribution in [0.5, 0.6) is 0 Å². The molecule has 1 heterocycles. The molecule has 1 aliphatic rings. The molecule has 1 aliphatic heterocycles. The van der Waals surface area contributed by atoms with E-state index in [1.807, 2.05) is 27.7 Å². The number of rotatable bonds is 4. The van der Waals surface area contributed by atoms with E-state index in [0.29, 0.717) is 6.42 Å². The Morgan fingerprint density at radius 2 is 1.93 bits per heavy atom. The number of hydrogen-bond acceptors (Lipinski definition) is 3. The van der Waals surface area contributed by atoms with E-state index in [0.717, 1.165) is 12.8 Å². The van der Waals surface area contributed by atoms with Gasteiger partial charge in [0.2, 0.25) is 0 Å². The van der Waals surface area contributed by atoms with Crippen LogP contribution in [0.2, 0.25) is 0 Å². The van der Waals surface area contributed by atoms with Gasteiger partial charge >= 0.3 is 0 Å². The van der Waals surface area contributed by atoms with Crippen LogP contribution < -0.4 is 0 Å². The monoisotopic (exact) mass is 214 g/mol. The number of carbonyl (C=O) groups excluding carboxylic acids is 1. The summed E-state index contributed by atoms with van der Waals surface area (Å²) in [6.45, 7) is 9.52. The maximum absolute atomic E-state index is 12.0. The van der Waals surface area contributed by atoms with Crippen molar-refractivity contribution in [2.45, 2.75) is 71.4 Å². The number of hydrogen-bond donors (Lipinski definition) is 0. The lowest BCUT2D eigenvalue weighted by Gasteiger charge is -2.25. The van der Waals surface area contributed by atoms with Crippen molar-refractivity contribution in [3.63, 3.8) is 0 Å². The lowest BCUT2D eigenvalue weighted by Crippen LogP contribution is -2.43. The summed E-state index contributed by atoms with van der Waals surface area (Å²) in [6, 6.07) is 0. The quantitative estimate of drug-likeness (QED) is 0.721. The minimum Gasteiger partial charge on any atom is -0.344 e. The summed E-state index contributed by atoms with van der Waals surface area (Å²) < 4.78 is 11.4. The van der Waals surface area contributed by atoms with Crippen LogP contribution in [0.3, 0.4) is 0 Å². The van der Waals surface area contributed by atoms with Crippen molar-refractivity contribution in [1.82, 2.24) is 0 Å². The fourth-order valence-corrected chi connectivity index (χ4v) is 2.02. The average molecular weight is 214 g/mol. The summed E-state index contributed by atoms with van der Waals surface area (Å²) in [5.74, 6) is -0.488. The third-order valence-corrected chi connectivity index (χ3v) is 3.01. The molecule has 0 radical (unpaired) electrons. The van der Waals surface area contributed by atoms with E-state index >= 15 is 0 Å². The first-order valence-electron chi connectivity index (χ1n) is 5.73. The Morgan fingerprint density at radius 1 is 1.33 bits per heavy atom. The topological polar surface area (TPSA) is 35.5 Å². The second-order valence-corrected chi connectivity index (χ2v) is 4.90. The van der Waals surface area contributed by atoms with Crippen LogP contribution in [0.4, 0.5) is 0 Å². The molecule has 0 bridgehead atoms. The van der Waals surface area contributed by atoms with Crippen molar-refractivity contribution in [2.24, 2.45) is 0 Å². The highest BCUT2D eigenvalue weighted by molar-refractivity contribution is 5.87. The molecule has 3 heteroatoms. The number of ketones is 1. The van der Waals surface area contributed by atoms with Crippen LogP contribution in [0, 0.1) is 0 Å². The summed E-state index contributed by atoms with van der Waals surface area (Å²) >= 11 is 0. The Labute approximate surface area is 92.1 Å². The Balaban J connectivity index is 2.70. The van der Waals surface area contributed by atoms with E-state index in [-0.39, 0.29) is 11.9 Å². The molecule has 0 saturated carbocycles. The lowest BCUT2D eigenvalue weighted by atomic mass is 9.92. The minimum atomic E-state index is -0.765. The van der Waals surface area contributed by atoms with Gasteiger partial charge in [-0.3, -0.25) is 4.79 Å². The van der Waals surface area contributed by atoms with Gasteiger partial charge in [-0.15, -0.1) is 0 Å². The highest BCUT2D eigenvalue weighted by Crippen LogP contribution is 2.37. The highest BCUT2D eigenvalue weighted by Gasteiger charge is 2.51. The van der Waals surface area contributed by atoms with Gasteiger partial charge in [-0.05, 0) is 34.1 Å². The van der Waals surface area contributed by atoms with Gasteiger partial charge in [0.05, 0.1) is 6.10 Å². The van der Waals surface area contributed by atoms with Crippen LogP contribution in [-0.2, 0) is 14.3 Å². The molecule has 0 aromatic carbocycles. The second kappa shape index (κ2) is 4.22. The minimum absolute atomic E-state index is 0.155. The molecule has 0 amide bonds. The normalized spacial score (nSPS) is 34.3. The molecule has 3 nitrogen and oxygen atoms in total. The summed E-state index contributed by atoms with van der Waals surface area (Å²) in [5.41, 5.74) is -0.765. The number of ether oxygens (including phenoxy) is 2. The van der Waals surface area contributed by atoms with E-state index in [4.69, 9.17) is 9.47 Å². The summed E-state index contributed by atoms with van der Waals surface area (Å²) in [5, 5.41) is 0. The second-order valence-electron chi connectivity index (χ2n) is 4.90. The molecule has 0 aromatic heterocycles. The van der Waals surface area contributed by atoms with Gasteiger partial charge in [0.15, 0.2) is 17.2 Å². The van der Waals surface area contributed by atoms with Gasteiger partial charge in [0.1, 0.15) is 0 Å². The molecular formula is C12H22O3. The summed E-state index contributed by atoms with van der Waals surface area (Å²) in [7, 11) is 0. The molecule has 1 saturated heterocycles. The van der Waals surface area contributed by atoms with Gasteiger partial charge in [-0.25, -0.2) is 0 Å². The Morgan fingerprint density at radius 3 is 2.33 bits per heavy atom. The Kier molecular flexibility index (Phi) is 3.56. The molecule has 88 valence electrons. The molecule has 1 fully saturated rings. The van der Waals surface area contributed by atoms with Crippen LogP contribution in [0.25, 0.3) is 0 Å². The Hall–Kier alpha value is -0.410. The number of carbonyl (C=O) groups is 1. The summed E-state index contributed by atoms with van der Waals surface area (Å²) in [6.07, 6.45) is 2.36. The first kappa shape index (κ1) is 12.7. The van der Waals surface area contributed by atoms with E-state index < -0.39 is 11.4 Å². The van der Waals surface area contributed by atoms with Crippen molar-refractivity contribution in [3.05, 3.63) is 0 Å². The van der Waals surface area contributed by atoms with Crippen molar-refractivity contribution in [2.75, 3.05) is 0 Å². The highest BCUT2D eigenvalue weighted by atomic mass is 16.8. The van der Waals surface area contributed by atoms with E-state index in [1.165, 1.54) is 0 Å². The number of Topliss-reactive ketones (excluding diaryl/α,β-unsaturated/α-hetero) is 1. The molecular weight excluding hydrogens is 192 g/mol.